The third-order valence-electron chi connectivity index (χ3n) is 4.13. The molecule has 0 radical (unpaired) electrons. The molecule has 7 heteroatoms. The monoisotopic (exact) mass is 375 g/mol. The van der Waals surface area contributed by atoms with Crippen LogP contribution in [0.4, 0.5) is 4.79 Å². The molecule has 0 saturated carbocycles. The van der Waals surface area contributed by atoms with Crippen molar-refractivity contribution in [2.24, 2.45) is 0 Å². The highest BCUT2D eigenvalue weighted by Gasteiger charge is 2.28. The largest absolute Gasteiger partial charge is 0.444 e. The van der Waals surface area contributed by atoms with Crippen LogP contribution < -0.4 is 0 Å². The van der Waals surface area contributed by atoms with E-state index in [0.29, 0.717) is 42.4 Å². The first-order valence-corrected chi connectivity index (χ1v) is 8.95. The Hall–Kier alpha value is -2.34. The maximum Gasteiger partial charge on any atom is 0.410 e. The highest BCUT2D eigenvalue weighted by atomic mass is 35.5. The van der Waals surface area contributed by atoms with Gasteiger partial charge in [-0.3, -0.25) is 4.79 Å². The average molecular weight is 376 g/mol. The van der Waals surface area contributed by atoms with E-state index in [1.807, 2.05) is 45.0 Å². The number of ether oxygens (including phenoxy) is 1. The standard InChI is InChI=1S/C19H22ClN3O3/c1-19(2,3)26-18(25)23-10-8-22(9-11-23)17(24)14-12-16(20)21-15-7-5-4-6-13(14)15/h4-7,12H,8-11H2,1-3H3. The molecule has 1 aromatic heterocycles. The number of amides is 2. The minimum absolute atomic E-state index is 0.102. The number of benzene rings is 1. The van der Waals surface area contributed by atoms with Gasteiger partial charge in [0.05, 0.1) is 11.1 Å². The minimum atomic E-state index is -0.531. The van der Waals surface area contributed by atoms with Crippen molar-refractivity contribution >= 4 is 34.5 Å². The number of rotatable bonds is 1. The number of carbonyl (C=O) groups excluding carboxylic acids is 2. The van der Waals surface area contributed by atoms with Crippen LogP contribution in [0.1, 0.15) is 31.1 Å². The van der Waals surface area contributed by atoms with E-state index in [-0.39, 0.29) is 12.0 Å². The molecule has 1 aliphatic heterocycles. The lowest BCUT2D eigenvalue weighted by atomic mass is 10.1. The van der Waals surface area contributed by atoms with Crippen molar-refractivity contribution in [3.63, 3.8) is 0 Å². The summed E-state index contributed by atoms with van der Waals surface area (Å²) in [6.45, 7) is 7.29. The van der Waals surface area contributed by atoms with Gasteiger partial charge in [0.1, 0.15) is 10.8 Å². The second-order valence-corrected chi connectivity index (χ2v) is 7.66. The van der Waals surface area contributed by atoms with E-state index in [4.69, 9.17) is 16.3 Å². The summed E-state index contributed by atoms with van der Waals surface area (Å²) >= 11 is 6.08. The lowest BCUT2D eigenvalue weighted by Crippen LogP contribution is -2.51. The van der Waals surface area contributed by atoms with Crippen molar-refractivity contribution in [2.45, 2.75) is 26.4 Å². The molecular formula is C19H22ClN3O3. The number of piperazine rings is 1. The predicted molar refractivity (Wildman–Crippen MR) is 100 cm³/mol. The van der Waals surface area contributed by atoms with Gasteiger partial charge in [0.15, 0.2) is 0 Å². The Morgan fingerprint density at radius 3 is 2.35 bits per heavy atom. The molecule has 0 unspecified atom stereocenters. The van der Waals surface area contributed by atoms with Gasteiger partial charge in [-0.1, -0.05) is 29.8 Å². The summed E-state index contributed by atoms with van der Waals surface area (Å²) in [5.41, 5.74) is 0.693. The lowest BCUT2D eigenvalue weighted by Gasteiger charge is -2.35. The number of hydrogen-bond acceptors (Lipinski definition) is 4. The zero-order chi connectivity index (χ0) is 18.9. The number of hydrogen-bond donors (Lipinski definition) is 0. The number of pyridine rings is 1. The second kappa shape index (κ2) is 7.11. The summed E-state index contributed by atoms with van der Waals surface area (Å²) < 4.78 is 5.39. The van der Waals surface area contributed by atoms with Gasteiger partial charge in [-0.05, 0) is 32.9 Å². The molecule has 2 aromatic rings. The third-order valence-corrected chi connectivity index (χ3v) is 4.33. The Morgan fingerprint density at radius 2 is 1.69 bits per heavy atom. The molecule has 3 rings (SSSR count). The van der Waals surface area contributed by atoms with Crippen molar-refractivity contribution in [1.82, 2.24) is 14.8 Å². The van der Waals surface area contributed by atoms with Crippen LogP contribution in [-0.2, 0) is 4.74 Å². The average Bonchev–Trinajstić information content (AvgIpc) is 2.59. The third kappa shape index (κ3) is 4.07. The molecule has 0 atom stereocenters. The Kier molecular flexibility index (Phi) is 5.05. The summed E-state index contributed by atoms with van der Waals surface area (Å²) in [6, 6.07) is 9.03. The lowest BCUT2D eigenvalue weighted by molar-refractivity contribution is 0.0141. The maximum absolute atomic E-state index is 13.0. The fraction of sp³-hybridized carbons (Fsp3) is 0.421. The van der Waals surface area contributed by atoms with E-state index >= 15 is 0 Å². The van der Waals surface area contributed by atoms with Crippen LogP contribution >= 0.6 is 11.6 Å². The first-order chi connectivity index (χ1) is 12.2. The van der Waals surface area contributed by atoms with E-state index in [1.165, 1.54) is 0 Å². The fourth-order valence-electron chi connectivity index (χ4n) is 2.91. The summed E-state index contributed by atoms with van der Waals surface area (Å²) in [6.07, 6.45) is -0.345. The van der Waals surface area contributed by atoms with Gasteiger partial charge >= 0.3 is 6.09 Å². The first-order valence-electron chi connectivity index (χ1n) is 8.57. The van der Waals surface area contributed by atoms with Crippen LogP contribution in [0.25, 0.3) is 10.9 Å². The van der Waals surface area contributed by atoms with E-state index in [0.717, 1.165) is 5.39 Å². The number of aromatic nitrogens is 1. The van der Waals surface area contributed by atoms with Crippen LogP contribution in [0, 0.1) is 0 Å². The van der Waals surface area contributed by atoms with Gasteiger partial charge in [-0.25, -0.2) is 9.78 Å². The summed E-state index contributed by atoms with van der Waals surface area (Å²) in [5.74, 6) is -0.102. The van der Waals surface area contributed by atoms with E-state index in [1.54, 1.807) is 15.9 Å². The van der Waals surface area contributed by atoms with Crippen molar-refractivity contribution in [2.75, 3.05) is 26.2 Å². The Balaban J connectivity index is 1.73. The van der Waals surface area contributed by atoms with Gasteiger partial charge in [0, 0.05) is 31.6 Å². The van der Waals surface area contributed by atoms with Gasteiger partial charge < -0.3 is 14.5 Å². The number of para-hydroxylation sites is 1. The van der Waals surface area contributed by atoms with Crippen molar-refractivity contribution < 1.29 is 14.3 Å². The quantitative estimate of drug-likeness (QED) is 0.715. The van der Waals surface area contributed by atoms with Crippen molar-refractivity contribution in [3.05, 3.63) is 41.0 Å². The summed E-state index contributed by atoms with van der Waals surface area (Å²) in [7, 11) is 0. The molecular weight excluding hydrogens is 354 g/mol. The molecule has 1 aromatic carbocycles. The van der Waals surface area contributed by atoms with Crippen LogP contribution in [-0.4, -0.2) is 58.6 Å². The molecule has 1 saturated heterocycles. The highest BCUT2D eigenvalue weighted by molar-refractivity contribution is 6.30. The van der Waals surface area contributed by atoms with E-state index in [2.05, 4.69) is 4.98 Å². The molecule has 138 valence electrons. The number of carbonyl (C=O) groups is 2. The topological polar surface area (TPSA) is 62.7 Å². The van der Waals surface area contributed by atoms with Gasteiger partial charge in [-0.2, -0.15) is 0 Å². The first kappa shape index (κ1) is 18.5. The van der Waals surface area contributed by atoms with Crippen LogP contribution in [0.5, 0.6) is 0 Å². The molecule has 6 nitrogen and oxygen atoms in total. The molecule has 0 bridgehead atoms. The molecule has 26 heavy (non-hydrogen) atoms. The molecule has 2 heterocycles. The minimum Gasteiger partial charge on any atom is -0.444 e. The fourth-order valence-corrected chi connectivity index (χ4v) is 3.11. The van der Waals surface area contributed by atoms with Crippen molar-refractivity contribution in [1.29, 1.82) is 0 Å². The molecule has 0 aliphatic carbocycles. The van der Waals surface area contributed by atoms with Gasteiger partial charge in [0.25, 0.3) is 5.91 Å². The Bertz CT molecular complexity index is 840. The second-order valence-electron chi connectivity index (χ2n) is 7.27. The van der Waals surface area contributed by atoms with Crippen LogP contribution in [0.3, 0.4) is 0 Å². The molecule has 2 amide bonds. The molecule has 0 N–H and O–H groups in total. The number of fused-ring (bicyclic) bond motifs is 1. The van der Waals surface area contributed by atoms with Crippen molar-refractivity contribution in [3.8, 4) is 0 Å². The van der Waals surface area contributed by atoms with Gasteiger partial charge in [-0.15, -0.1) is 0 Å². The highest BCUT2D eigenvalue weighted by Crippen LogP contribution is 2.23. The Labute approximate surface area is 157 Å². The molecule has 0 spiro atoms. The van der Waals surface area contributed by atoms with Gasteiger partial charge in [0.2, 0.25) is 0 Å². The van der Waals surface area contributed by atoms with Crippen LogP contribution in [0.2, 0.25) is 5.15 Å². The SMILES string of the molecule is CC(C)(C)OC(=O)N1CCN(C(=O)c2cc(Cl)nc3ccccc23)CC1. The summed E-state index contributed by atoms with van der Waals surface area (Å²) in [5, 5.41) is 1.07. The predicted octanol–water partition coefficient (Wildman–Crippen LogP) is 3.58. The maximum atomic E-state index is 13.0. The normalized spacial score (nSPS) is 15.2. The Morgan fingerprint density at radius 1 is 1.08 bits per heavy atom. The molecule has 1 fully saturated rings. The smallest absolute Gasteiger partial charge is 0.410 e. The number of nitrogens with zero attached hydrogens (tertiary/aromatic N) is 3. The zero-order valence-electron chi connectivity index (χ0n) is 15.2. The summed E-state index contributed by atoms with van der Waals surface area (Å²) in [4.78, 5) is 32.8. The van der Waals surface area contributed by atoms with Crippen LogP contribution in [0.15, 0.2) is 30.3 Å². The number of halogens is 1. The molecule has 1 aliphatic rings. The van der Waals surface area contributed by atoms with E-state index in [9.17, 15) is 9.59 Å². The zero-order valence-corrected chi connectivity index (χ0v) is 15.9. The van der Waals surface area contributed by atoms with E-state index < -0.39 is 5.60 Å².